The second-order valence-corrected chi connectivity index (χ2v) is 2.60. The second-order valence-electron chi connectivity index (χ2n) is 1.99. The first-order valence-electron chi connectivity index (χ1n) is 3.08. The van der Waals surface area contributed by atoms with Gasteiger partial charge in [-0.2, -0.15) is 0 Å². The summed E-state index contributed by atoms with van der Waals surface area (Å²) in [7, 11) is 1.67. The number of rotatable bonds is 2. The fourth-order valence-electron chi connectivity index (χ4n) is 0.722. The molecule has 0 heterocycles. The van der Waals surface area contributed by atoms with Crippen LogP contribution in [0, 0.1) is 0 Å². The van der Waals surface area contributed by atoms with E-state index in [-0.39, 0.29) is 22.4 Å². The van der Waals surface area contributed by atoms with E-state index >= 15 is 0 Å². The van der Waals surface area contributed by atoms with E-state index in [4.69, 9.17) is 4.74 Å². The fraction of sp³-hybridized carbons (Fsp3) is 0.250. The molecule has 63 valence electrons. The topological polar surface area (TPSA) is 9.23 Å². The average molecular weight is 397 g/mol. The molecule has 0 aliphatic rings. The summed E-state index contributed by atoms with van der Waals surface area (Å²) in [6.07, 6.45) is 0. The van der Waals surface area contributed by atoms with Crippen LogP contribution in [0.15, 0.2) is 24.3 Å². The van der Waals surface area contributed by atoms with Crippen LogP contribution in [-0.2, 0) is 27.7 Å². The van der Waals surface area contributed by atoms with Crippen LogP contribution in [0.3, 0.4) is 0 Å². The Bertz CT molecular complexity index is 175. The van der Waals surface area contributed by atoms with Crippen molar-refractivity contribution in [3.8, 4) is 5.75 Å². The zero-order valence-corrected chi connectivity index (χ0v) is 10.0. The van der Waals surface area contributed by atoms with Gasteiger partial charge < -0.3 is 0 Å². The number of hydrogen-bond donors (Lipinski definition) is 0. The first-order chi connectivity index (χ1) is 4.86. The van der Waals surface area contributed by atoms with Crippen LogP contribution in [0.4, 0.5) is 0 Å². The largest absolute Gasteiger partial charge is 1.00 e. The van der Waals surface area contributed by atoms with E-state index in [9.17, 15) is 0 Å². The van der Waals surface area contributed by atoms with Crippen LogP contribution in [0.25, 0.3) is 0 Å². The Kier molecular flexibility index (Phi) is 6.02. The Morgan fingerprint density at radius 1 is 1.27 bits per heavy atom. The SMILES string of the molecule is COc1ccc(C[Se])cc1.[Au+]. The maximum Gasteiger partial charge on any atom is 1.00 e. The molecule has 1 aromatic carbocycles. The number of hydrogen-bond acceptors (Lipinski definition) is 1. The predicted molar refractivity (Wildman–Crippen MR) is 42.5 cm³/mol. The molecule has 0 saturated carbocycles. The van der Waals surface area contributed by atoms with Crippen LogP contribution in [0.1, 0.15) is 5.56 Å². The molecule has 0 amide bonds. The molecule has 0 N–H and O–H groups in total. The third-order valence-electron chi connectivity index (χ3n) is 1.33. The molecule has 0 unspecified atom stereocenters. The summed E-state index contributed by atoms with van der Waals surface area (Å²) in [6, 6.07) is 8.03. The molecule has 1 radical (unpaired) electrons. The van der Waals surface area contributed by atoms with Crippen molar-refractivity contribution in [2.24, 2.45) is 0 Å². The van der Waals surface area contributed by atoms with Crippen molar-refractivity contribution in [3.05, 3.63) is 29.8 Å². The van der Waals surface area contributed by atoms with Crippen LogP contribution in [0.2, 0.25) is 0 Å². The third-order valence-corrected chi connectivity index (χ3v) is 2.03. The zero-order valence-electron chi connectivity index (χ0n) is 6.13. The maximum absolute atomic E-state index is 5.00. The van der Waals surface area contributed by atoms with Crippen molar-refractivity contribution in [2.45, 2.75) is 5.32 Å². The van der Waals surface area contributed by atoms with E-state index in [1.807, 2.05) is 12.1 Å². The minimum absolute atomic E-state index is 0. The van der Waals surface area contributed by atoms with Gasteiger partial charge in [0.15, 0.2) is 0 Å². The van der Waals surface area contributed by atoms with Crippen molar-refractivity contribution >= 4 is 16.0 Å². The van der Waals surface area contributed by atoms with Crippen LogP contribution in [-0.4, -0.2) is 23.1 Å². The fourth-order valence-corrected chi connectivity index (χ4v) is 1.13. The van der Waals surface area contributed by atoms with Crippen LogP contribution >= 0.6 is 0 Å². The molecule has 0 aliphatic carbocycles. The smallest absolute Gasteiger partial charge is 1.00 e. The molecule has 0 aliphatic heterocycles. The first kappa shape index (κ1) is 11.3. The predicted octanol–water partition coefficient (Wildman–Crippen LogP) is 1.36. The molecule has 0 aromatic heterocycles. The summed E-state index contributed by atoms with van der Waals surface area (Å²) < 4.78 is 5.00. The number of methoxy groups -OCH3 is 1. The summed E-state index contributed by atoms with van der Waals surface area (Å²) in [4.78, 5) is 0. The van der Waals surface area contributed by atoms with Gasteiger partial charge in [0.2, 0.25) is 0 Å². The van der Waals surface area contributed by atoms with Gasteiger partial charge in [-0.25, -0.2) is 0 Å². The van der Waals surface area contributed by atoms with E-state index < -0.39 is 0 Å². The summed E-state index contributed by atoms with van der Waals surface area (Å²) in [6.45, 7) is 0. The standard InChI is InChI=1S/C8H9OSe.Au/c1-9-8-4-2-7(6-10)3-5-8;/h2-5H,6H2,1H3;/q;+1. The second kappa shape index (κ2) is 5.87. The normalized spacial score (nSPS) is 8.55. The van der Waals surface area contributed by atoms with Crippen molar-refractivity contribution in [1.82, 2.24) is 0 Å². The Morgan fingerprint density at radius 3 is 2.18 bits per heavy atom. The van der Waals surface area contributed by atoms with Gasteiger partial charge in [-0.15, -0.1) is 0 Å². The quantitative estimate of drug-likeness (QED) is 0.686. The minimum Gasteiger partial charge on any atom is 1.00 e. The molecule has 1 nitrogen and oxygen atoms in total. The van der Waals surface area contributed by atoms with Gasteiger partial charge in [0.1, 0.15) is 0 Å². The molecule has 0 saturated heterocycles. The molecule has 1 aromatic rings. The van der Waals surface area contributed by atoms with Crippen molar-refractivity contribution in [2.75, 3.05) is 7.11 Å². The molecule has 11 heavy (non-hydrogen) atoms. The van der Waals surface area contributed by atoms with Gasteiger partial charge in [0.25, 0.3) is 0 Å². The minimum atomic E-state index is 0. The molecular weight excluding hydrogens is 388 g/mol. The molecule has 0 spiro atoms. The molecule has 0 atom stereocenters. The van der Waals surface area contributed by atoms with E-state index in [2.05, 4.69) is 28.1 Å². The molecule has 1 rings (SSSR count). The molecular formula is C8H9AuOSe+. The van der Waals surface area contributed by atoms with E-state index in [0.717, 1.165) is 11.1 Å². The Balaban J connectivity index is 0.000001000. The Labute approximate surface area is 90.8 Å². The van der Waals surface area contributed by atoms with Crippen LogP contribution < -0.4 is 4.74 Å². The summed E-state index contributed by atoms with van der Waals surface area (Å²) in [5.74, 6) is 0.914. The Morgan fingerprint density at radius 2 is 1.82 bits per heavy atom. The maximum atomic E-state index is 5.00. The first-order valence-corrected chi connectivity index (χ1v) is 4.29. The van der Waals surface area contributed by atoms with Gasteiger partial charge in [-0.1, -0.05) is 0 Å². The van der Waals surface area contributed by atoms with Crippen molar-refractivity contribution < 1.29 is 27.1 Å². The van der Waals surface area contributed by atoms with Crippen LogP contribution in [0.5, 0.6) is 5.75 Å². The summed E-state index contributed by atoms with van der Waals surface area (Å²) in [5.41, 5.74) is 1.29. The molecule has 0 bridgehead atoms. The van der Waals surface area contributed by atoms with E-state index in [1.54, 1.807) is 7.11 Å². The monoisotopic (exact) mass is 398 g/mol. The third kappa shape index (κ3) is 3.46. The molecule has 3 heteroatoms. The van der Waals surface area contributed by atoms with E-state index in [1.165, 1.54) is 5.56 Å². The summed E-state index contributed by atoms with van der Waals surface area (Å²) in [5, 5.41) is 0.962. The zero-order chi connectivity index (χ0) is 7.40. The number of benzene rings is 1. The van der Waals surface area contributed by atoms with Gasteiger partial charge in [0, 0.05) is 0 Å². The molecule has 0 fully saturated rings. The van der Waals surface area contributed by atoms with Gasteiger partial charge in [-0.3, -0.25) is 0 Å². The Hall–Kier alpha value is 0.280. The van der Waals surface area contributed by atoms with Gasteiger partial charge in [0.05, 0.1) is 0 Å². The van der Waals surface area contributed by atoms with Crippen molar-refractivity contribution in [3.63, 3.8) is 0 Å². The average Bonchev–Trinajstić information content (AvgIpc) is 2.05. The number of ether oxygens (including phenoxy) is 1. The summed E-state index contributed by atoms with van der Waals surface area (Å²) >= 11 is 2.96. The van der Waals surface area contributed by atoms with E-state index in [0.29, 0.717) is 0 Å². The van der Waals surface area contributed by atoms with Gasteiger partial charge in [-0.05, 0) is 0 Å². The van der Waals surface area contributed by atoms with Crippen molar-refractivity contribution in [1.29, 1.82) is 0 Å². The van der Waals surface area contributed by atoms with Gasteiger partial charge >= 0.3 is 91.1 Å².